The van der Waals surface area contributed by atoms with Gasteiger partial charge in [0.25, 0.3) is 5.91 Å². The van der Waals surface area contributed by atoms with Gasteiger partial charge in [0.05, 0.1) is 19.9 Å². The van der Waals surface area contributed by atoms with Crippen LogP contribution in [0.2, 0.25) is 0 Å². The highest BCUT2D eigenvalue weighted by Gasteiger charge is 2.54. The summed E-state index contributed by atoms with van der Waals surface area (Å²) in [6, 6.07) is 20.6. The number of nitrogens with zero attached hydrogens (tertiary/aromatic N) is 3. The molecule has 8 nitrogen and oxygen atoms in total. The monoisotopic (exact) mass is 472 g/mol. The number of benzene rings is 3. The van der Waals surface area contributed by atoms with Crippen molar-refractivity contribution in [3.8, 4) is 0 Å². The van der Waals surface area contributed by atoms with Crippen molar-refractivity contribution in [2.24, 2.45) is 10.9 Å². The highest BCUT2D eigenvalue weighted by molar-refractivity contribution is 6.07. The van der Waals surface area contributed by atoms with Crippen molar-refractivity contribution in [2.75, 3.05) is 13.7 Å². The zero-order valence-corrected chi connectivity index (χ0v) is 19.8. The van der Waals surface area contributed by atoms with E-state index in [0.29, 0.717) is 6.42 Å². The number of imide groups is 1. The fraction of sp³-hybridized carbons (Fsp3) is 0.259. The number of rotatable bonds is 8. The van der Waals surface area contributed by atoms with Crippen LogP contribution in [0.1, 0.15) is 36.5 Å². The molecule has 8 heteroatoms. The van der Waals surface area contributed by atoms with Crippen LogP contribution in [0.15, 0.2) is 71.8 Å². The van der Waals surface area contributed by atoms with E-state index >= 15 is 0 Å². The average Bonchev–Trinajstić information content (AvgIpc) is 3.05. The molecule has 1 fully saturated rings. The van der Waals surface area contributed by atoms with Crippen LogP contribution in [-0.2, 0) is 26.4 Å². The number of amides is 3. The van der Waals surface area contributed by atoms with Gasteiger partial charge in [-0.3, -0.25) is 14.5 Å². The third kappa shape index (κ3) is 4.59. The molecular formula is C27H28N4O4. The van der Waals surface area contributed by atoms with Crippen LogP contribution in [0, 0.1) is 0 Å². The lowest BCUT2D eigenvalue weighted by Gasteiger charge is -2.32. The Morgan fingerprint density at radius 3 is 2.51 bits per heavy atom. The summed E-state index contributed by atoms with van der Waals surface area (Å²) in [5.41, 5.74) is 1.24. The summed E-state index contributed by atoms with van der Waals surface area (Å²) in [7, 11) is 1.33. The van der Waals surface area contributed by atoms with E-state index < -0.39 is 5.54 Å². The Balaban J connectivity index is 1.65. The van der Waals surface area contributed by atoms with Crippen molar-refractivity contribution in [1.29, 1.82) is 0 Å². The number of methoxy groups -OCH3 is 1. The number of hydrogen-bond acceptors (Lipinski definition) is 6. The molecule has 180 valence electrons. The lowest BCUT2D eigenvalue weighted by atomic mass is 9.90. The number of carbonyl (C=O) groups excluding carboxylic acids is 3. The van der Waals surface area contributed by atoms with Crippen LogP contribution in [0.25, 0.3) is 10.8 Å². The first-order valence-corrected chi connectivity index (χ1v) is 11.4. The quantitative estimate of drug-likeness (QED) is 0.177. The molecule has 1 aliphatic heterocycles. The van der Waals surface area contributed by atoms with Gasteiger partial charge in [-0.15, -0.1) is 0 Å². The Bertz CT molecular complexity index is 1290. The molecule has 0 aliphatic carbocycles. The van der Waals surface area contributed by atoms with Crippen LogP contribution >= 0.6 is 0 Å². The van der Waals surface area contributed by atoms with Gasteiger partial charge in [-0.25, -0.2) is 4.79 Å². The normalized spacial score (nSPS) is 18.1. The fourth-order valence-electron chi connectivity index (χ4n) is 4.55. The third-order valence-corrected chi connectivity index (χ3v) is 6.48. The second-order valence-electron chi connectivity index (χ2n) is 8.66. The van der Waals surface area contributed by atoms with Crippen LogP contribution < -0.4 is 5.84 Å². The Kier molecular flexibility index (Phi) is 6.82. The van der Waals surface area contributed by atoms with E-state index in [-0.39, 0.29) is 37.4 Å². The molecule has 35 heavy (non-hydrogen) atoms. The molecule has 1 unspecified atom stereocenters. The number of hydrazone groups is 1. The summed E-state index contributed by atoms with van der Waals surface area (Å²) < 4.78 is 4.72. The standard InChI is InChI=1S/C27H28N4O4/c1-27(23-7-4-3-5-8-23)25(33)30(26(34)31(27)14-6-9-24(32)35-2)18-20-11-13-21-12-10-19(17-29-28)15-22(21)16-20/h3-5,7-8,10-13,15-17H,6,9,14,18,28H2,1-2H3. The molecule has 4 rings (SSSR count). The topological polar surface area (TPSA) is 105 Å². The summed E-state index contributed by atoms with van der Waals surface area (Å²) in [5.74, 6) is 4.63. The van der Waals surface area contributed by atoms with Crippen molar-refractivity contribution in [1.82, 2.24) is 9.80 Å². The smallest absolute Gasteiger partial charge is 0.328 e. The van der Waals surface area contributed by atoms with E-state index in [0.717, 1.165) is 27.5 Å². The Morgan fingerprint density at radius 2 is 1.80 bits per heavy atom. The van der Waals surface area contributed by atoms with Crippen molar-refractivity contribution in [3.05, 3.63) is 83.4 Å². The maximum Gasteiger partial charge on any atom is 0.328 e. The predicted octanol–water partition coefficient (Wildman–Crippen LogP) is 3.77. The van der Waals surface area contributed by atoms with Crippen LogP contribution in [0.3, 0.4) is 0 Å². The Labute approximate surface area is 204 Å². The van der Waals surface area contributed by atoms with E-state index in [2.05, 4.69) is 5.10 Å². The molecule has 0 spiro atoms. The molecule has 0 bridgehead atoms. The number of esters is 1. The fourth-order valence-corrected chi connectivity index (χ4v) is 4.55. The van der Waals surface area contributed by atoms with E-state index in [9.17, 15) is 14.4 Å². The molecule has 2 N–H and O–H groups in total. The van der Waals surface area contributed by atoms with Gasteiger partial charge in [0, 0.05) is 13.0 Å². The second kappa shape index (κ2) is 9.97. The first-order chi connectivity index (χ1) is 16.9. The highest BCUT2D eigenvalue weighted by Crippen LogP contribution is 2.38. The minimum atomic E-state index is -1.17. The van der Waals surface area contributed by atoms with Crippen molar-refractivity contribution < 1.29 is 19.1 Å². The molecular weight excluding hydrogens is 444 g/mol. The van der Waals surface area contributed by atoms with E-state index in [1.807, 2.05) is 66.7 Å². The predicted molar refractivity (Wildman–Crippen MR) is 133 cm³/mol. The van der Waals surface area contributed by atoms with Crippen molar-refractivity contribution in [3.63, 3.8) is 0 Å². The summed E-state index contributed by atoms with van der Waals surface area (Å²) >= 11 is 0. The van der Waals surface area contributed by atoms with E-state index in [1.165, 1.54) is 12.0 Å². The molecule has 0 radical (unpaired) electrons. The first-order valence-electron chi connectivity index (χ1n) is 11.4. The van der Waals surface area contributed by atoms with Gasteiger partial charge in [-0.05, 0) is 52.9 Å². The Morgan fingerprint density at radius 1 is 1.06 bits per heavy atom. The highest BCUT2D eigenvalue weighted by atomic mass is 16.5. The van der Waals surface area contributed by atoms with Gasteiger partial charge in [0.2, 0.25) is 0 Å². The summed E-state index contributed by atoms with van der Waals surface area (Å²) in [6.07, 6.45) is 2.12. The molecule has 3 amide bonds. The molecule has 0 saturated carbocycles. The number of nitrogens with two attached hydrogens (primary N) is 1. The zero-order chi connectivity index (χ0) is 25.0. The van der Waals surface area contributed by atoms with Gasteiger partial charge in [0.1, 0.15) is 5.54 Å². The molecule has 0 aromatic heterocycles. The van der Waals surface area contributed by atoms with Crippen molar-refractivity contribution in [2.45, 2.75) is 31.8 Å². The largest absolute Gasteiger partial charge is 0.469 e. The lowest BCUT2D eigenvalue weighted by molar-refractivity contribution is -0.140. The number of carbonyl (C=O) groups is 3. The third-order valence-electron chi connectivity index (χ3n) is 6.48. The minimum Gasteiger partial charge on any atom is -0.469 e. The van der Waals surface area contributed by atoms with Crippen LogP contribution in [0.5, 0.6) is 0 Å². The molecule has 1 aliphatic rings. The zero-order valence-electron chi connectivity index (χ0n) is 19.8. The maximum atomic E-state index is 13.7. The number of urea groups is 1. The molecule has 1 saturated heterocycles. The van der Waals surface area contributed by atoms with Gasteiger partial charge in [0.15, 0.2) is 0 Å². The first kappa shape index (κ1) is 23.9. The lowest BCUT2D eigenvalue weighted by Crippen LogP contribution is -2.44. The summed E-state index contributed by atoms with van der Waals surface area (Å²) in [6.45, 7) is 2.15. The van der Waals surface area contributed by atoms with Gasteiger partial charge < -0.3 is 15.5 Å². The number of hydrogen-bond donors (Lipinski definition) is 1. The van der Waals surface area contributed by atoms with Gasteiger partial charge >= 0.3 is 12.0 Å². The number of ether oxygens (including phenoxy) is 1. The Hall–Kier alpha value is -4.20. The number of fused-ring (bicyclic) bond motifs is 1. The van der Waals surface area contributed by atoms with Gasteiger partial charge in [-0.1, -0.05) is 54.6 Å². The summed E-state index contributed by atoms with van der Waals surface area (Å²) in [5, 5.41) is 5.56. The second-order valence-corrected chi connectivity index (χ2v) is 8.66. The molecule has 3 aromatic rings. The van der Waals surface area contributed by atoms with Crippen LogP contribution in [-0.4, -0.2) is 47.6 Å². The molecule has 1 atom stereocenters. The van der Waals surface area contributed by atoms with Gasteiger partial charge in [-0.2, -0.15) is 5.10 Å². The maximum absolute atomic E-state index is 13.7. The van der Waals surface area contributed by atoms with E-state index in [1.54, 1.807) is 18.0 Å². The minimum absolute atomic E-state index is 0.138. The van der Waals surface area contributed by atoms with Crippen molar-refractivity contribution >= 4 is 34.9 Å². The van der Waals surface area contributed by atoms with Crippen LogP contribution in [0.4, 0.5) is 4.79 Å². The summed E-state index contributed by atoms with van der Waals surface area (Å²) in [4.78, 5) is 41.8. The average molecular weight is 473 g/mol. The van der Waals surface area contributed by atoms with E-state index in [4.69, 9.17) is 10.6 Å². The molecule has 1 heterocycles. The molecule has 3 aromatic carbocycles. The SMILES string of the molecule is COC(=O)CCCN1C(=O)N(Cc2ccc3ccc(C=NN)cc3c2)C(=O)C1(C)c1ccccc1.